The second-order valence-electron chi connectivity index (χ2n) is 1.62. The van der Waals surface area contributed by atoms with E-state index in [1.54, 1.807) is 0 Å². The Bertz CT molecular complexity index is 149. The van der Waals surface area contributed by atoms with Crippen LogP contribution in [-0.2, 0) is 26.7 Å². The summed E-state index contributed by atoms with van der Waals surface area (Å²) in [7, 11) is 0. The van der Waals surface area contributed by atoms with Gasteiger partial charge in [-0.2, -0.15) is 0 Å². The number of carboxylic acids is 1. The zero-order valence-electron chi connectivity index (χ0n) is 6.19. The second-order valence-corrected chi connectivity index (χ2v) is 1.62. The van der Waals surface area contributed by atoms with Crippen LogP contribution in [-0.4, -0.2) is 23.0 Å². The first kappa shape index (κ1) is 29.2. The molecule has 0 spiro atoms. The summed E-state index contributed by atoms with van der Waals surface area (Å²) in [5, 5.41) is 8.10. The third kappa shape index (κ3) is 18.9. The van der Waals surface area contributed by atoms with Gasteiger partial charge in [-0.3, -0.25) is 9.59 Å². The molecule has 0 bridgehead atoms. The molecular weight excluding hydrogens is 286 g/mol. The smallest absolute Gasteiger partial charge is 1.00 e. The van der Waals surface area contributed by atoms with Crippen LogP contribution in [0.25, 0.3) is 0 Å². The number of nitrogens with two attached hydrogens (primary N) is 2. The Balaban J connectivity index is -0.0000000533. The zero-order chi connectivity index (χ0) is 7.44. The van der Waals surface area contributed by atoms with Crippen LogP contribution >= 0.6 is 0 Å². The minimum absolute atomic E-state index is 0. The molecule has 81 valence electrons. The van der Waals surface area contributed by atoms with Crippen LogP contribution < -0.4 is 48.7 Å². The number of hydrogen-bond donors (Lipinski definition) is 3. The van der Waals surface area contributed by atoms with Gasteiger partial charge in [0.1, 0.15) is 6.04 Å². The molecule has 0 aromatic carbocycles. The molecular formula is C4H8Cl3FeN2O3. The fourth-order valence-corrected chi connectivity index (χ4v) is 0.304. The van der Waals surface area contributed by atoms with Crippen LogP contribution in [0.5, 0.6) is 0 Å². The van der Waals surface area contributed by atoms with Crippen molar-refractivity contribution < 1.29 is 69.0 Å². The fourth-order valence-electron chi connectivity index (χ4n) is 0.304. The van der Waals surface area contributed by atoms with Gasteiger partial charge in [0.05, 0.1) is 6.42 Å². The summed E-state index contributed by atoms with van der Waals surface area (Å²) in [5.74, 6) is -1.92. The molecule has 1 atom stereocenters. The van der Waals surface area contributed by atoms with E-state index < -0.39 is 17.9 Å². The molecule has 0 aliphatic heterocycles. The van der Waals surface area contributed by atoms with Gasteiger partial charge in [0.15, 0.2) is 0 Å². The van der Waals surface area contributed by atoms with E-state index in [9.17, 15) is 9.59 Å². The molecule has 0 heterocycles. The van der Waals surface area contributed by atoms with Crippen LogP contribution in [0, 0.1) is 0 Å². The molecule has 0 rings (SSSR count). The summed E-state index contributed by atoms with van der Waals surface area (Å²) in [4.78, 5) is 19.9. The molecule has 0 aliphatic carbocycles. The molecule has 5 nitrogen and oxygen atoms in total. The van der Waals surface area contributed by atoms with Crippen LogP contribution in [0.1, 0.15) is 6.42 Å². The van der Waals surface area contributed by atoms with Gasteiger partial charge in [0.25, 0.3) is 0 Å². The Kier molecular flexibility index (Phi) is 33.2. The number of carboxylic acid groups (broad SMARTS) is 1. The van der Waals surface area contributed by atoms with Crippen molar-refractivity contribution in [3.8, 4) is 0 Å². The third-order valence-electron chi connectivity index (χ3n) is 0.738. The minimum atomic E-state index is -1.21. The average molecular weight is 294 g/mol. The van der Waals surface area contributed by atoms with Gasteiger partial charge in [-0.05, 0) is 0 Å². The summed E-state index contributed by atoms with van der Waals surface area (Å²) >= 11 is 0. The Labute approximate surface area is 105 Å². The van der Waals surface area contributed by atoms with Crippen LogP contribution in [0.4, 0.5) is 0 Å². The van der Waals surface area contributed by atoms with Gasteiger partial charge in [-0.25, -0.2) is 0 Å². The van der Waals surface area contributed by atoms with Gasteiger partial charge in [-0.15, -0.1) is 0 Å². The number of hydrogen-bond acceptors (Lipinski definition) is 3. The number of primary amides is 1. The van der Waals surface area contributed by atoms with E-state index in [4.69, 9.17) is 10.8 Å². The summed E-state index contributed by atoms with van der Waals surface area (Å²) in [6.07, 6.45) is -0.310. The number of amides is 1. The maximum atomic E-state index is 9.99. The third-order valence-corrected chi connectivity index (χ3v) is 0.738. The number of carbonyl (C=O) groups is 2. The molecule has 0 aromatic heterocycles. The quantitative estimate of drug-likeness (QED) is 0.449. The maximum absolute atomic E-state index is 9.99. The Morgan fingerprint density at radius 3 is 1.62 bits per heavy atom. The van der Waals surface area contributed by atoms with Crippen molar-refractivity contribution in [2.75, 3.05) is 0 Å². The van der Waals surface area contributed by atoms with Crippen LogP contribution in [0.2, 0.25) is 0 Å². The summed E-state index contributed by atoms with van der Waals surface area (Å²) in [6.45, 7) is 0. The topological polar surface area (TPSA) is 106 Å². The molecule has 9 heteroatoms. The number of halogens is 3. The van der Waals surface area contributed by atoms with Crippen LogP contribution in [0.15, 0.2) is 0 Å². The van der Waals surface area contributed by atoms with Crippen molar-refractivity contribution in [2.45, 2.75) is 12.5 Å². The Hall–Kier alpha value is 0.289. The van der Waals surface area contributed by atoms with E-state index >= 15 is 0 Å². The van der Waals surface area contributed by atoms with Gasteiger partial charge in [0.2, 0.25) is 5.91 Å². The van der Waals surface area contributed by atoms with Crippen molar-refractivity contribution in [3.05, 3.63) is 0 Å². The molecule has 1 radical (unpaired) electrons. The molecule has 0 unspecified atom stereocenters. The second kappa shape index (κ2) is 14.8. The standard InChI is InChI=1S/C4H8N2O3.3ClH.Fe/c5-2(4(8)9)1-3(6)7;;;;/h2H,1,5H2,(H2,6,7)(H,8,9);3*1H;/q;;;;+3/p-3/t2-;;;;/m0..../s1. The molecule has 5 N–H and O–H groups in total. The van der Waals surface area contributed by atoms with E-state index in [1.807, 2.05) is 0 Å². The summed E-state index contributed by atoms with van der Waals surface area (Å²) < 4.78 is 0. The number of rotatable bonds is 3. The van der Waals surface area contributed by atoms with Crippen molar-refractivity contribution in [1.82, 2.24) is 0 Å². The molecule has 13 heavy (non-hydrogen) atoms. The van der Waals surface area contributed by atoms with E-state index in [1.165, 1.54) is 0 Å². The monoisotopic (exact) mass is 293 g/mol. The van der Waals surface area contributed by atoms with Crippen molar-refractivity contribution in [3.63, 3.8) is 0 Å². The summed E-state index contributed by atoms with van der Waals surface area (Å²) in [5.41, 5.74) is 9.57. The van der Waals surface area contributed by atoms with Crippen molar-refractivity contribution in [2.24, 2.45) is 11.5 Å². The van der Waals surface area contributed by atoms with Gasteiger partial charge in [0, 0.05) is 0 Å². The average Bonchev–Trinajstić information content (AvgIpc) is 1.63. The van der Waals surface area contributed by atoms with Crippen LogP contribution in [0.3, 0.4) is 0 Å². The van der Waals surface area contributed by atoms with E-state index in [0.29, 0.717) is 0 Å². The first-order chi connectivity index (χ1) is 4.04. The predicted octanol–water partition coefficient (Wildman–Crippen LogP) is -10.7. The van der Waals surface area contributed by atoms with Gasteiger partial charge in [-0.1, -0.05) is 0 Å². The Morgan fingerprint density at radius 2 is 1.54 bits per heavy atom. The fraction of sp³-hybridized carbons (Fsp3) is 0.500. The first-order valence-corrected chi connectivity index (χ1v) is 2.30. The molecule has 1 amide bonds. The van der Waals surface area contributed by atoms with E-state index in [2.05, 4.69) is 5.73 Å². The van der Waals surface area contributed by atoms with E-state index in [0.717, 1.165) is 0 Å². The Morgan fingerprint density at radius 1 is 1.23 bits per heavy atom. The SMILES string of the molecule is NC(=O)C[C@H](N)C(=O)O.[Cl-].[Cl-].[Cl-].[Fe+3]. The number of carbonyl (C=O) groups excluding carboxylic acids is 1. The number of aliphatic carboxylic acids is 1. The normalized spacial score (nSPS) is 8.69. The zero-order valence-corrected chi connectivity index (χ0v) is 9.56. The van der Waals surface area contributed by atoms with Gasteiger partial charge >= 0.3 is 23.0 Å². The predicted molar refractivity (Wildman–Crippen MR) is 29.4 cm³/mol. The molecule has 0 aromatic rings. The maximum Gasteiger partial charge on any atom is 3.00 e. The van der Waals surface area contributed by atoms with Crippen molar-refractivity contribution in [1.29, 1.82) is 0 Å². The van der Waals surface area contributed by atoms with Gasteiger partial charge < -0.3 is 53.8 Å². The summed E-state index contributed by atoms with van der Waals surface area (Å²) in [6, 6.07) is -1.16. The van der Waals surface area contributed by atoms with Crippen molar-refractivity contribution >= 4 is 11.9 Å². The molecule has 0 saturated carbocycles. The van der Waals surface area contributed by atoms with E-state index in [-0.39, 0.29) is 60.7 Å². The largest absolute Gasteiger partial charge is 3.00 e. The first-order valence-electron chi connectivity index (χ1n) is 2.30. The molecule has 0 saturated heterocycles. The molecule has 0 fully saturated rings. The molecule has 0 aliphatic rings. The minimum Gasteiger partial charge on any atom is -1.00 e.